The predicted octanol–water partition coefficient (Wildman–Crippen LogP) is 3.84. The van der Waals surface area contributed by atoms with Crippen molar-refractivity contribution in [3.05, 3.63) is 35.9 Å². The molecule has 25 heavy (non-hydrogen) atoms. The lowest BCUT2D eigenvalue weighted by molar-refractivity contribution is -0.125. The maximum atomic E-state index is 12.2. The number of amides is 1. The fourth-order valence-corrected chi connectivity index (χ4v) is 2.70. The summed E-state index contributed by atoms with van der Waals surface area (Å²) >= 11 is 0. The van der Waals surface area contributed by atoms with Crippen LogP contribution in [0.1, 0.15) is 59.1 Å². The molecule has 0 spiro atoms. The Bertz CT molecular complexity index is 479. The molecule has 1 rings (SSSR count). The van der Waals surface area contributed by atoms with Crippen LogP contribution >= 0.6 is 24.8 Å². The van der Waals surface area contributed by atoms with Crippen LogP contribution in [0.4, 0.5) is 0 Å². The SMILES string of the molecule is CCC(CC)(CNC(=O)C(C)C(C)N)NC(C)c1ccccc1.Cl.Cl. The zero-order valence-electron chi connectivity index (χ0n) is 16.0. The summed E-state index contributed by atoms with van der Waals surface area (Å²) in [5, 5.41) is 6.81. The van der Waals surface area contributed by atoms with Crippen molar-refractivity contribution in [3.8, 4) is 0 Å². The first kappa shape index (κ1) is 26.4. The van der Waals surface area contributed by atoms with E-state index in [1.54, 1.807) is 0 Å². The van der Waals surface area contributed by atoms with Gasteiger partial charge in [-0.25, -0.2) is 0 Å². The Labute approximate surface area is 165 Å². The highest BCUT2D eigenvalue weighted by atomic mass is 35.5. The van der Waals surface area contributed by atoms with Gasteiger partial charge in [0.2, 0.25) is 5.91 Å². The van der Waals surface area contributed by atoms with E-state index in [-0.39, 0.29) is 54.3 Å². The van der Waals surface area contributed by atoms with Crippen molar-refractivity contribution in [3.63, 3.8) is 0 Å². The highest BCUT2D eigenvalue weighted by molar-refractivity contribution is 5.85. The second-order valence-electron chi connectivity index (χ2n) is 6.63. The van der Waals surface area contributed by atoms with E-state index >= 15 is 0 Å². The molecule has 0 fully saturated rings. The van der Waals surface area contributed by atoms with Gasteiger partial charge in [0.15, 0.2) is 0 Å². The van der Waals surface area contributed by atoms with Crippen molar-refractivity contribution >= 4 is 30.7 Å². The van der Waals surface area contributed by atoms with Crippen molar-refractivity contribution in [1.29, 1.82) is 0 Å². The minimum Gasteiger partial charge on any atom is -0.354 e. The molecule has 0 bridgehead atoms. The van der Waals surface area contributed by atoms with Crippen molar-refractivity contribution in [2.75, 3.05) is 6.54 Å². The Balaban J connectivity index is 0. The number of halogens is 2. The number of hydrogen-bond acceptors (Lipinski definition) is 3. The van der Waals surface area contributed by atoms with Gasteiger partial charge < -0.3 is 16.4 Å². The zero-order chi connectivity index (χ0) is 17.5. The Morgan fingerprint density at radius 3 is 2.04 bits per heavy atom. The third-order valence-corrected chi connectivity index (χ3v) is 4.98. The Hall–Kier alpha value is -0.810. The van der Waals surface area contributed by atoms with Crippen LogP contribution in [-0.4, -0.2) is 24.0 Å². The standard InChI is InChI=1S/C19H33N3O.2ClH/c1-6-19(7-2,13-21-18(23)14(3)15(4)20)22-16(5)17-11-9-8-10-12-17;;/h8-12,14-16,22H,6-7,13,20H2,1-5H3,(H,21,23);2*1H. The van der Waals surface area contributed by atoms with E-state index in [0.717, 1.165) is 12.8 Å². The van der Waals surface area contributed by atoms with E-state index in [0.29, 0.717) is 6.54 Å². The van der Waals surface area contributed by atoms with Gasteiger partial charge in [-0.1, -0.05) is 51.1 Å². The van der Waals surface area contributed by atoms with E-state index in [2.05, 4.69) is 55.7 Å². The number of nitrogens with one attached hydrogen (secondary N) is 2. The molecular weight excluding hydrogens is 357 g/mol. The molecule has 4 N–H and O–H groups in total. The molecule has 3 atom stereocenters. The summed E-state index contributed by atoms with van der Waals surface area (Å²) < 4.78 is 0. The normalized spacial score (nSPS) is 14.5. The molecule has 1 amide bonds. The van der Waals surface area contributed by atoms with Gasteiger partial charge in [-0.2, -0.15) is 0 Å². The molecular formula is C19H35Cl2N3O. The number of rotatable bonds is 9. The van der Waals surface area contributed by atoms with Gasteiger partial charge in [0.05, 0.1) is 0 Å². The lowest BCUT2D eigenvalue weighted by Gasteiger charge is -2.37. The van der Waals surface area contributed by atoms with E-state index in [1.165, 1.54) is 5.56 Å². The van der Waals surface area contributed by atoms with Crippen molar-refractivity contribution in [2.24, 2.45) is 11.7 Å². The monoisotopic (exact) mass is 391 g/mol. The van der Waals surface area contributed by atoms with E-state index in [9.17, 15) is 4.79 Å². The van der Waals surface area contributed by atoms with E-state index < -0.39 is 0 Å². The third kappa shape index (κ3) is 7.95. The number of carbonyl (C=O) groups is 1. The third-order valence-electron chi connectivity index (χ3n) is 4.98. The summed E-state index contributed by atoms with van der Waals surface area (Å²) in [6, 6.07) is 10.5. The molecule has 0 heterocycles. The van der Waals surface area contributed by atoms with Crippen LogP contribution in [-0.2, 0) is 4.79 Å². The maximum Gasteiger partial charge on any atom is 0.224 e. The molecule has 0 aliphatic rings. The van der Waals surface area contributed by atoms with Crippen molar-refractivity contribution < 1.29 is 4.79 Å². The molecule has 0 aliphatic carbocycles. The molecule has 0 aliphatic heterocycles. The van der Waals surface area contributed by atoms with Gasteiger partial charge in [-0.05, 0) is 32.3 Å². The molecule has 0 saturated heterocycles. The van der Waals surface area contributed by atoms with Crippen LogP contribution in [0.2, 0.25) is 0 Å². The lowest BCUT2D eigenvalue weighted by Crippen LogP contribution is -2.54. The predicted molar refractivity (Wildman–Crippen MR) is 112 cm³/mol. The molecule has 0 saturated carbocycles. The summed E-state index contributed by atoms with van der Waals surface area (Å²) in [5.74, 6) is -0.145. The van der Waals surface area contributed by atoms with Crippen LogP contribution in [0.3, 0.4) is 0 Å². The first-order chi connectivity index (χ1) is 10.8. The highest BCUT2D eigenvalue weighted by Crippen LogP contribution is 2.21. The maximum absolute atomic E-state index is 12.2. The van der Waals surface area contributed by atoms with Gasteiger partial charge in [0, 0.05) is 30.1 Å². The average molecular weight is 392 g/mol. The minimum absolute atomic E-state index is 0. The molecule has 3 unspecified atom stereocenters. The number of carbonyl (C=O) groups excluding carboxylic acids is 1. The summed E-state index contributed by atoms with van der Waals surface area (Å²) in [7, 11) is 0. The largest absolute Gasteiger partial charge is 0.354 e. The molecule has 1 aromatic rings. The van der Waals surface area contributed by atoms with Crippen LogP contribution in [0.25, 0.3) is 0 Å². The van der Waals surface area contributed by atoms with Gasteiger partial charge in [-0.3, -0.25) is 4.79 Å². The number of hydrogen-bond donors (Lipinski definition) is 3. The van der Waals surface area contributed by atoms with Gasteiger partial charge in [-0.15, -0.1) is 24.8 Å². The Kier molecular flexibility index (Phi) is 13.2. The minimum atomic E-state index is -0.173. The molecule has 6 heteroatoms. The van der Waals surface area contributed by atoms with Gasteiger partial charge >= 0.3 is 0 Å². The van der Waals surface area contributed by atoms with E-state index in [4.69, 9.17) is 5.73 Å². The summed E-state index contributed by atoms with van der Waals surface area (Å²) in [6.45, 7) is 10.9. The van der Waals surface area contributed by atoms with Gasteiger partial charge in [0.25, 0.3) is 0 Å². The van der Waals surface area contributed by atoms with Crippen LogP contribution in [0, 0.1) is 5.92 Å². The quantitative estimate of drug-likeness (QED) is 0.598. The molecule has 4 nitrogen and oxygen atoms in total. The summed E-state index contributed by atoms with van der Waals surface area (Å²) in [6.07, 6.45) is 1.90. The fourth-order valence-electron chi connectivity index (χ4n) is 2.70. The van der Waals surface area contributed by atoms with Crippen LogP contribution in [0.15, 0.2) is 30.3 Å². The average Bonchev–Trinajstić information content (AvgIpc) is 2.58. The topological polar surface area (TPSA) is 67.2 Å². The second kappa shape index (κ2) is 12.5. The lowest BCUT2D eigenvalue weighted by atomic mass is 9.90. The number of nitrogens with two attached hydrogens (primary N) is 1. The fraction of sp³-hybridized carbons (Fsp3) is 0.632. The molecule has 0 radical (unpaired) electrons. The molecule has 1 aromatic carbocycles. The Morgan fingerprint density at radius 1 is 1.08 bits per heavy atom. The Morgan fingerprint density at radius 2 is 1.60 bits per heavy atom. The van der Waals surface area contributed by atoms with Crippen molar-refractivity contribution in [2.45, 2.75) is 65.1 Å². The first-order valence-electron chi connectivity index (χ1n) is 8.71. The summed E-state index contributed by atoms with van der Waals surface area (Å²) in [5.41, 5.74) is 6.97. The highest BCUT2D eigenvalue weighted by Gasteiger charge is 2.29. The second-order valence-corrected chi connectivity index (χ2v) is 6.63. The first-order valence-corrected chi connectivity index (χ1v) is 8.71. The number of benzene rings is 1. The van der Waals surface area contributed by atoms with Crippen LogP contribution < -0.4 is 16.4 Å². The van der Waals surface area contributed by atoms with Crippen LogP contribution in [0.5, 0.6) is 0 Å². The van der Waals surface area contributed by atoms with Crippen molar-refractivity contribution in [1.82, 2.24) is 10.6 Å². The molecule has 146 valence electrons. The summed E-state index contributed by atoms with van der Waals surface area (Å²) in [4.78, 5) is 12.2. The molecule has 0 aromatic heterocycles. The van der Waals surface area contributed by atoms with Gasteiger partial charge in [0.1, 0.15) is 0 Å². The zero-order valence-corrected chi connectivity index (χ0v) is 17.7. The van der Waals surface area contributed by atoms with E-state index in [1.807, 2.05) is 19.9 Å². The smallest absolute Gasteiger partial charge is 0.224 e.